The molecule has 0 aromatic heterocycles. The zero-order valence-corrected chi connectivity index (χ0v) is 11.6. The SMILES string of the molecule is CSC1CCC(Nc2cccc(Cl)c2[N+](=O)[O-])C1. The van der Waals surface area contributed by atoms with Crippen molar-refractivity contribution in [2.75, 3.05) is 11.6 Å². The van der Waals surface area contributed by atoms with Crippen molar-refractivity contribution < 1.29 is 4.92 Å². The number of nitrogens with one attached hydrogen (secondary N) is 1. The molecule has 1 aromatic carbocycles. The van der Waals surface area contributed by atoms with Crippen molar-refractivity contribution in [3.05, 3.63) is 33.3 Å². The minimum absolute atomic E-state index is 0.0215. The van der Waals surface area contributed by atoms with E-state index in [-0.39, 0.29) is 10.7 Å². The Balaban J connectivity index is 2.15. The molecule has 18 heavy (non-hydrogen) atoms. The smallest absolute Gasteiger partial charge is 0.310 e. The maximum Gasteiger partial charge on any atom is 0.310 e. The Kier molecular flexibility index (Phi) is 4.35. The van der Waals surface area contributed by atoms with Gasteiger partial charge in [0, 0.05) is 11.3 Å². The standard InChI is InChI=1S/C12H15ClN2O2S/c1-18-9-6-5-8(7-9)14-11-4-2-3-10(13)12(11)15(16)17/h2-4,8-9,14H,5-7H2,1H3. The van der Waals surface area contributed by atoms with Gasteiger partial charge in [-0.15, -0.1) is 0 Å². The number of rotatable bonds is 4. The summed E-state index contributed by atoms with van der Waals surface area (Å²) in [4.78, 5) is 10.6. The monoisotopic (exact) mass is 286 g/mol. The van der Waals surface area contributed by atoms with E-state index in [0.29, 0.717) is 17.0 Å². The van der Waals surface area contributed by atoms with E-state index in [4.69, 9.17) is 11.6 Å². The Bertz CT molecular complexity index is 456. The molecular formula is C12H15ClN2O2S. The van der Waals surface area contributed by atoms with E-state index in [2.05, 4.69) is 11.6 Å². The lowest BCUT2D eigenvalue weighted by Gasteiger charge is -2.14. The predicted molar refractivity (Wildman–Crippen MR) is 76.7 cm³/mol. The van der Waals surface area contributed by atoms with Crippen molar-refractivity contribution in [3.63, 3.8) is 0 Å². The zero-order valence-electron chi connectivity index (χ0n) is 10.1. The largest absolute Gasteiger partial charge is 0.377 e. The van der Waals surface area contributed by atoms with Gasteiger partial charge in [-0.3, -0.25) is 10.1 Å². The number of hydrogen-bond acceptors (Lipinski definition) is 4. The average molecular weight is 287 g/mol. The maximum absolute atomic E-state index is 11.0. The number of anilines is 1. The molecule has 0 saturated heterocycles. The minimum atomic E-state index is -0.425. The molecular weight excluding hydrogens is 272 g/mol. The summed E-state index contributed by atoms with van der Waals surface area (Å²) in [6.07, 6.45) is 5.36. The number of hydrogen-bond donors (Lipinski definition) is 1. The molecule has 2 unspecified atom stereocenters. The van der Waals surface area contributed by atoms with Crippen LogP contribution in [0.3, 0.4) is 0 Å². The lowest BCUT2D eigenvalue weighted by atomic mass is 10.2. The van der Waals surface area contributed by atoms with Crippen LogP contribution in [0, 0.1) is 10.1 Å². The molecule has 0 spiro atoms. The Morgan fingerprint density at radius 1 is 1.50 bits per heavy atom. The summed E-state index contributed by atoms with van der Waals surface area (Å²) in [5.41, 5.74) is 0.506. The maximum atomic E-state index is 11.0. The topological polar surface area (TPSA) is 55.2 Å². The minimum Gasteiger partial charge on any atom is -0.377 e. The fourth-order valence-corrected chi connectivity index (χ4v) is 3.36. The first kappa shape index (κ1) is 13.5. The highest BCUT2D eigenvalue weighted by molar-refractivity contribution is 7.99. The van der Waals surface area contributed by atoms with Gasteiger partial charge in [0.1, 0.15) is 10.7 Å². The number of nitrogens with zero attached hydrogens (tertiary/aromatic N) is 1. The zero-order chi connectivity index (χ0) is 13.1. The first-order valence-corrected chi connectivity index (χ1v) is 7.50. The van der Waals surface area contributed by atoms with E-state index in [0.717, 1.165) is 19.3 Å². The van der Waals surface area contributed by atoms with Crippen LogP contribution in [0.15, 0.2) is 18.2 Å². The van der Waals surface area contributed by atoms with Gasteiger partial charge in [0.25, 0.3) is 0 Å². The van der Waals surface area contributed by atoms with Crippen LogP contribution < -0.4 is 5.32 Å². The summed E-state index contributed by atoms with van der Waals surface area (Å²) in [7, 11) is 0. The summed E-state index contributed by atoms with van der Waals surface area (Å²) in [6, 6.07) is 5.30. The van der Waals surface area contributed by atoms with E-state index in [9.17, 15) is 10.1 Å². The molecule has 6 heteroatoms. The van der Waals surface area contributed by atoms with Gasteiger partial charge in [-0.2, -0.15) is 11.8 Å². The predicted octanol–water partition coefficient (Wildman–Crippen LogP) is 3.94. The molecule has 0 heterocycles. The van der Waals surface area contributed by atoms with Gasteiger partial charge in [0.05, 0.1) is 4.92 Å². The fourth-order valence-electron chi connectivity index (χ4n) is 2.32. The third-order valence-electron chi connectivity index (χ3n) is 3.25. The lowest BCUT2D eigenvalue weighted by Crippen LogP contribution is -2.16. The molecule has 0 radical (unpaired) electrons. The van der Waals surface area contributed by atoms with Gasteiger partial charge >= 0.3 is 5.69 Å². The Labute approximate surface area is 115 Å². The van der Waals surface area contributed by atoms with Crippen LogP contribution in [0.2, 0.25) is 5.02 Å². The normalized spacial score (nSPS) is 23.0. The second-order valence-corrected chi connectivity index (χ2v) is 5.95. The number of nitro groups is 1. The van der Waals surface area contributed by atoms with Crippen LogP contribution in [0.5, 0.6) is 0 Å². The van der Waals surface area contributed by atoms with Gasteiger partial charge in [-0.25, -0.2) is 0 Å². The summed E-state index contributed by atoms with van der Waals surface area (Å²) in [5, 5.41) is 15.1. The van der Waals surface area contributed by atoms with Crippen LogP contribution in [-0.2, 0) is 0 Å². The molecule has 1 N–H and O–H groups in total. The van der Waals surface area contributed by atoms with E-state index in [1.54, 1.807) is 18.2 Å². The summed E-state index contributed by atoms with van der Waals surface area (Å²) >= 11 is 7.74. The lowest BCUT2D eigenvalue weighted by molar-refractivity contribution is -0.383. The van der Waals surface area contributed by atoms with Crippen LogP contribution in [-0.4, -0.2) is 22.5 Å². The van der Waals surface area contributed by atoms with Crippen LogP contribution in [0.4, 0.5) is 11.4 Å². The number of halogens is 1. The molecule has 1 aromatic rings. The van der Waals surface area contributed by atoms with E-state index in [1.165, 1.54) is 0 Å². The van der Waals surface area contributed by atoms with Crippen LogP contribution in [0.25, 0.3) is 0 Å². The second-order valence-electron chi connectivity index (χ2n) is 4.41. The van der Waals surface area contributed by atoms with E-state index in [1.807, 2.05) is 11.8 Å². The molecule has 0 amide bonds. The van der Waals surface area contributed by atoms with Gasteiger partial charge in [0.15, 0.2) is 0 Å². The molecule has 0 bridgehead atoms. The Morgan fingerprint density at radius 2 is 2.28 bits per heavy atom. The number of thioether (sulfide) groups is 1. The molecule has 0 aliphatic heterocycles. The number of nitro benzene ring substituents is 1. The van der Waals surface area contributed by atoms with Crippen molar-refractivity contribution in [1.82, 2.24) is 0 Å². The highest BCUT2D eigenvalue weighted by Crippen LogP contribution is 2.36. The molecule has 1 fully saturated rings. The number of benzene rings is 1. The van der Waals surface area contributed by atoms with E-state index >= 15 is 0 Å². The molecule has 98 valence electrons. The molecule has 1 saturated carbocycles. The van der Waals surface area contributed by atoms with Crippen molar-refractivity contribution in [2.45, 2.75) is 30.6 Å². The average Bonchev–Trinajstić information content (AvgIpc) is 2.76. The third kappa shape index (κ3) is 2.90. The molecule has 2 atom stereocenters. The van der Waals surface area contributed by atoms with Gasteiger partial charge in [0.2, 0.25) is 0 Å². The highest BCUT2D eigenvalue weighted by Gasteiger charge is 2.26. The van der Waals surface area contributed by atoms with Crippen molar-refractivity contribution >= 4 is 34.7 Å². The van der Waals surface area contributed by atoms with Crippen molar-refractivity contribution in [3.8, 4) is 0 Å². The van der Waals surface area contributed by atoms with Crippen molar-refractivity contribution in [2.24, 2.45) is 0 Å². The first-order chi connectivity index (χ1) is 8.61. The Hall–Kier alpha value is -0.940. The molecule has 4 nitrogen and oxygen atoms in total. The molecule has 1 aliphatic rings. The third-order valence-corrected chi connectivity index (χ3v) is 4.65. The van der Waals surface area contributed by atoms with Crippen LogP contribution in [0.1, 0.15) is 19.3 Å². The summed E-state index contributed by atoms with van der Waals surface area (Å²) in [5.74, 6) is 0. The highest BCUT2D eigenvalue weighted by atomic mass is 35.5. The second kappa shape index (κ2) is 5.80. The quantitative estimate of drug-likeness (QED) is 0.673. The Morgan fingerprint density at radius 3 is 2.89 bits per heavy atom. The summed E-state index contributed by atoms with van der Waals surface area (Å²) < 4.78 is 0. The van der Waals surface area contributed by atoms with Gasteiger partial charge in [-0.05, 0) is 37.7 Å². The van der Waals surface area contributed by atoms with Crippen LogP contribution >= 0.6 is 23.4 Å². The number of para-hydroxylation sites is 1. The van der Waals surface area contributed by atoms with Crippen molar-refractivity contribution in [1.29, 1.82) is 0 Å². The fraction of sp³-hybridized carbons (Fsp3) is 0.500. The molecule has 2 rings (SSSR count). The first-order valence-electron chi connectivity index (χ1n) is 5.84. The van der Waals surface area contributed by atoms with E-state index < -0.39 is 4.92 Å². The van der Waals surface area contributed by atoms with Gasteiger partial charge < -0.3 is 5.32 Å². The summed E-state index contributed by atoms with van der Waals surface area (Å²) in [6.45, 7) is 0. The molecule has 1 aliphatic carbocycles. The van der Waals surface area contributed by atoms with Gasteiger partial charge in [-0.1, -0.05) is 17.7 Å².